The summed E-state index contributed by atoms with van der Waals surface area (Å²) in [7, 11) is 0. The van der Waals surface area contributed by atoms with Gasteiger partial charge in [0, 0.05) is 12.6 Å². The molecule has 2 aromatic carbocycles. The highest BCUT2D eigenvalue weighted by Gasteiger charge is 2.15. The smallest absolute Gasteiger partial charge is 0.227 e. The number of nitrogens with two attached hydrogens (primary N) is 1. The molecule has 2 atom stereocenters. The van der Waals surface area contributed by atoms with Crippen molar-refractivity contribution >= 4 is 5.91 Å². The van der Waals surface area contributed by atoms with Crippen LogP contribution in [0.1, 0.15) is 30.0 Å². The Bertz CT molecular complexity index is 539. The molecular weight excluding hydrogens is 248 g/mol. The van der Waals surface area contributed by atoms with Crippen molar-refractivity contribution in [1.82, 2.24) is 5.32 Å². The molecule has 2 aromatic rings. The first-order valence-corrected chi connectivity index (χ1v) is 6.81. The molecule has 0 saturated carbocycles. The molecule has 20 heavy (non-hydrogen) atoms. The topological polar surface area (TPSA) is 55.1 Å². The lowest BCUT2D eigenvalue weighted by Crippen LogP contribution is -2.34. The summed E-state index contributed by atoms with van der Waals surface area (Å²) in [5.74, 6) is -0.165. The van der Waals surface area contributed by atoms with Crippen LogP contribution < -0.4 is 11.1 Å². The summed E-state index contributed by atoms with van der Waals surface area (Å²) in [4.78, 5) is 12.1. The maximum absolute atomic E-state index is 12.1. The van der Waals surface area contributed by atoms with Gasteiger partial charge in [0.2, 0.25) is 5.91 Å². The van der Waals surface area contributed by atoms with Gasteiger partial charge < -0.3 is 11.1 Å². The minimum atomic E-state index is -0.178. The van der Waals surface area contributed by atoms with Gasteiger partial charge in [0.1, 0.15) is 0 Å². The van der Waals surface area contributed by atoms with Crippen LogP contribution in [0.25, 0.3) is 0 Å². The van der Waals surface area contributed by atoms with Crippen LogP contribution in [0.3, 0.4) is 0 Å². The first kappa shape index (κ1) is 14.3. The van der Waals surface area contributed by atoms with Crippen LogP contribution in [-0.4, -0.2) is 12.5 Å². The summed E-state index contributed by atoms with van der Waals surface area (Å²) in [5.41, 5.74) is 8.11. The van der Waals surface area contributed by atoms with Gasteiger partial charge in [-0.3, -0.25) is 4.79 Å². The molecule has 2 unspecified atom stereocenters. The van der Waals surface area contributed by atoms with Crippen molar-refractivity contribution in [2.75, 3.05) is 6.54 Å². The average Bonchev–Trinajstić information content (AvgIpc) is 2.53. The van der Waals surface area contributed by atoms with Gasteiger partial charge in [0.05, 0.1) is 5.92 Å². The van der Waals surface area contributed by atoms with E-state index in [1.54, 1.807) is 0 Å². The van der Waals surface area contributed by atoms with Crippen molar-refractivity contribution in [1.29, 1.82) is 0 Å². The number of hydrogen-bond acceptors (Lipinski definition) is 2. The number of nitrogens with one attached hydrogen (secondary N) is 1. The molecule has 0 aliphatic carbocycles. The van der Waals surface area contributed by atoms with E-state index in [0.29, 0.717) is 6.54 Å². The van der Waals surface area contributed by atoms with Gasteiger partial charge in [-0.2, -0.15) is 0 Å². The Kier molecular flexibility index (Phi) is 4.91. The number of hydrogen-bond donors (Lipinski definition) is 2. The third kappa shape index (κ3) is 3.68. The molecule has 3 N–H and O–H groups in total. The second-order valence-corrected chi connectivity index (χ2v) is 4.89. The predicted molar refractivity (Wildman–Crippen MR) is 81.2 cm³/mol. The summed E-state index contributed by atoms with van der Waals surface area (Å²) in [6, 6.07) is 19.4. The summed E-state index contributed by atoms with van der Waals surface area (Å²) in [6.07, 6.45) is 0. The number of rotatable bonds is 5. The van der Waals surface area contributed by atoms with Crippen molar-refractivity contribution < 1.29 is 4.79 Å². The van der Waals surface area contributed by atoms with Gasteiger partial charge in [-0.05, 0) is 18.1 Å². The van der Waals surface area contributed by atoms with E-state index < -0.39 is 0 Å². The lowest BCUT2D eigenvalue weighted by molar-refractivity contribution is -0.122. The van der Waals surface area contributed by atoms with E-state index in [1.165, 1.54) is 0 Å². The molecule has 0 radical (unpaired) electrons. The molecule has 104 valence electrons. The lowest BCUT2D eigenvalue weighted by Gasteiger charge is -2.16. The highest BCUT2D eigenvalue weighted by atomic mass is 16.1. The lowest BCUT2D eigenvalue weighted by atomic mass is 10.0. The van der Waals surface area contributed by atoms with Gasteiger partial charge in [0.15, 0.2) is 0 Å². The van der Waals surface area contributed by atoms with Crippen molar-refractivity contribution in [2.45, 2.75) is 18.9 Å². The zero-order valence-electron chi connectivity index (χ0n) is 11.6. The molecule has 1 amide bonds. The van der Waals surface area contributed by atoms with Gasteiger partial charge in [-0.25, -0.2) is 0 Å². The quantitative estimate of drug-likeness (QED) is 0.875. The Hall–Kier alpha value is -2.13. The number of carbonyl (C=O) groups is 1. The monoisotopic (exact) mass is 268 g/mol. The van der Waals surface area contributed by atoms with Gasteiger partial charge in [0.25, 0.3) is 0 Å². The van der Waals surface area contributed by atoms with Crippen LogP contribution in [0.4, 0.5) is 0 Å². The largest absolute Gasteiger partial charge is 0.354 e. The Morgan fingerprint density at radius 2 is 1.50 bits per heavy atom. The summed E-state index contributed by atoms with van der Waals surface area (Å²) < 4.78 is 0. The fraction of sp³-hybridized carbons (Fsp3) is 0.235. The average molecular weight is 268 g/mol. The summed E-state index contributed by atoms with van der Waals surface area (Å²) >= 11 is 0. The number of amides is 1. The van der Waals surface area contributed by atoms with Crippen LogP contribution in [0.5, 0.6) is 0 Å². The molecule has 2 rings (SSSR count). The molecule has 0 aliphatic heterocycles. The minimum absolute atomic E-state index is 0.00239. The predicted octanol–water partition coefficient (Wildman–Crippen LogP) is 2.61. The maximum atomic E-state index is 12.1. The second kappa shape index (κ2) is 6.87. The molecule has 0 aliphatic rings. The van der Waals surface area contributed by atoms with E-state index in [4.69, 9.17) is 5.73 Å². The maximum Gasteiger partial charge on any atom is 0.227 e. The van der Waals surface area contributed by atoms with Crippen LogP contribution in [0, 0.1) is 0 Å². The van der Waals surface area contributed by atoms with Gasteiger partial charge in [-0.1, -0.05) is 60.7 Å². The summed E-state index contributed by atoms with van der Waals surface area (Å²) in [6.45, 7) is 2.35. The Morgan fingerprint density at radius 3 is 2.05 bits per heavy atom. The molecule has 3 nitrogen and oxygen atoms in total. The first-order valence-electron chi connectivity index (χ1n) is 6.81. The molecule has 0 bridgehead atoms. The Labute approximate surface area is 119 Å². The van der Waals surface area contributed by atoms with Crippen LogP contribution in [-0.2, 0) is 4.79 Å². The SMILES string of the molecule is CC(C(=O)NCC(N)c1ccccc1)c1ccccc1. The zero-order chi connectivity index (χ0) is 14.4. The standard InChI is InChI=1S/C17H20N2O/c1-13(14-8-4-2-5-9-14)17(20)19-12-16(18)15-10-6-3-7-11-15/h2-11,13,16H,12,18H2,1H3,(H,19,20). The fourth-order valence-corrected chi connectivity index (χ4v) is 2.07. The van der Waals surface area contributed by atoms with E-state index in [-0.39, 0.29) is 17.9 Å². The van der Waals surface area contributed by atoms with Crippen molar-refractivity contribution in [3.63, 3.8) is 0 Å². The fourth-order valence-electron chi connectivity index (χ4n) is 2.07. The highest BCUT2D eigenvalue weighted by Crippen LogP contribution is 2.15. The van der Waals surface area contributed by atoms with Gasteiger partial charge >= 0.3 is 0 Å². The van der Waals surface area contributed by atoms with Crippen LogP contribution >= 0.6 is 0 Å². The second-order valence-electron chi connectivity index (χ2n) is 4.89. The minimum Gasteiger partial charge on any atom is -0.354 e. The van der Waals surface area contributed by atoms with E-state index in [0.717, 1.165) is 11.1 Å². The molecular formula is C17H20N2O. The molecule has 0 heterocycles. The van der Waals surface area contributed by atoms with Crippen molar-refractivity contribution in [2.24, 2.45) is 5.73 Å². The van der Waals surface area contributed by atoms with Crippen molar-refractivity contribution in [3.05, 3.63) is 71.8 Å². The third-order valence-corrected chi connectivity index (χ3v) is 3.42. The van der Waals surface area contributed by atoms with Crippen LogP contribution in [0.15, 0.2) is 60.7 Å². The Morgan fingerprint density at radius 1 is 1.00 bits per heavy atom. The van der Waals surface area contributed by atoms with Crippen LogP contribution in [0.2, 0.25) is 0 Å². The van der Waals surface area contributed by atoms with E-state index in [1.807, 2.05) is 67.6 Å². The van der Waals surface area contributed by atoms with E-state index >= 15 is 0 Å². The Balaban J connectivity index is 1.89. The van der Waals surface area contributed by atoms with E-state index in [9.17, 15) is 4.79 Å². The molecule has 0 aromatic heterocycles. The van der Waals surface area contributed by atoms with Crippen molar-refractivity contribution in [3.8, 4) is 0 Å². The normalized spacial score (nSPS) is 13.5. The first-order chi connectivity index (χ1) is 9.68. The molecule has 0 fully saturated rings. The van der Waals surface area contributed by atoms with E-state index in [2.05, 4.69) is 5.32 Å². The van der Waals surface area contributed by atoms with Gasteiger partial charge in [-0.15, -0.1) is 0 Å². The number of carbonyl (C=O) groups excluding carboxylic acids is 1. The highest BCUT2D eigenvalue weighted by molar-refractivity contribution is 5.83. The number of benzene rings is 2. The molecule has 3 heteroatoms. The zero-order valence-corrected chi connectivity index (χ0v) is 11.6. The summed E-state index contributed by atoms with van der Waals surface area (Å²) in [5, 5.41) is 2.92. The third-order valence-electron chi connectivity index (χ3n) is 3.42. The molecule has 0 saturated heterocycles. The molecule has 0 spiro atoms.